The summed E-state index contributed by atoms with van der Waals surface area (Å²) in [7, 11) is 1.65. The summed E-state index contributed by atoms with van der Waals surface area (Å²) in [5.41, 5.74) is 5.48. The van der Waals surface area contributed by atoms with Crippen LogP contribution >= 0.6 is 0 Å². The van der Waals surface area contributed by atoms with E-state index in [-0.39, 0.29) is 6.04 Å². The Bertz CT molecular complexity index is 338. The van der Waals surface area contributed by atoms with Crippen LogP contribution in [0.25, 0.3) is 0 Å². The van der Waals surface area contributed by atoms with Crippen molar-refractivity contribution in [3.05, 3.63) is 29.3 Å². The highest BCUT2D eigenvalue weighted by Crippen LogP contribution is 2.31. The lowest BCUT2D eigenvalue weighted by Crippen LogP contribution is -2.19. The van der Waals surface area contributed by atoms with E-state index >= 15 is 0 Å². The van der Waals surface area contributed by atoms with Gasteiger partial charge in [-0.25, -0.2) is 0 Å². The first kappa shape index (κ1) is 10.5. The van der Waals surface area contributed by atoms with E-state index in [1.165, 1.54) is 11.1 Å². The Morgan fingerprint density at radius 3 is 3.13 bits per heavy atom. The van der Waals surface area contributed by atoms with Crippen molar-refractivity contribution >= 4 is 0 Å². The largest absolute Gasteiger partial charge is 0.493 e. The molecule has 2 rings (SSSR count). The molecule has 3 heteroatoms. The van der Waals surface area contributed by atoms with Crippen molar-refractivity contribution < 1.29 is 9.57 Å². The number of hydrogen-bond acceptors (Lipinski definition) is 3. The predicted molar refractivity (Wildman–Crippen MR) is 58.8 cm³/mol. The number of nitrogens with one attached hydrogen (secondary N) is 1. The van der Waals surface area contributed by atoms with Gasteiger partial charge in [-0.1, -0.05) is 17.7 Å². The van der Waals surface area contributed by atoms with Crippen molar-refractivity contribution in [2.45, 2.75) is 25.8 Å². The fourth-order valence-electron chi connectivity index (χ4n) is 1.96. The fraction of sp³-hybridized carbons (Fsp3) is 0.500. The molecule has 0 saturated heterocycles. The third-order valence-electron chi connectivity index (χ3n) is 2.70. The maximum Gasteiger partial charge on any atom is 0.124 e. The number of hydroxylamine groups is 1. The first-order valence-corrected chi connectivity index (χ1v) is 5.33. The SMILES string of the molecule is CON[C@@H]1CCCOc2ccc(C)cc21. The van der Waals surface area contributed by atoms with Gasteiger partial charge in [0.2, 0.25) is 0 Å². The van der Waals surface area contributed by atoms with E-state index < -0.39 is 0 Å². The molecule has 0 fully saturated rings. The number of hydrogen-bond donors (Lipinski definition) is 1. The molecule has 0 amide bonds. The van der Waals surface area contributed by atoms with Gasteiger partial charge in [0.25, 0.3) is 0 Å². The minimum atomic E-state index is 0.243. The van der Waals surface area contributed by atoms with Crippen LogP contribution in [0.5, 0.6) is 5.75 Å². The summed E-state index contributed by atoms with van der Waals surface area (Å²) in [5, 5.41) is 0. The number of aryl methyl sites for hydroxylation is 1. The van der Waals surface area contributed by atoms with Crippen molar-refractivity contribution in [1.82, 2.24) is 5.48 Å². The Balaban J connectivity index is 2.33. The van der Waals surface area contributed by atoms with Crippen LogP contribution in [-0.2, 0) is 4.84 Å². The van der Waals surface area contributed by atoms with Gasteiger partial charge in [0, 0.05) is 5.56 Å². The standard InChI is InChI=1S/C12H17NO2/c1-9-5-6-12-10(8-9)11(13-14-2)4-3-7-15-12/h5-6,8,11,13H,3-4,7H2,1-2H3/t11-/m1/s1. The Labute approximate surface area is 90.3 Å². The quantitative estimate of drug-likeness (QED) is 0.755. The van der Waals surface area contributed by atoms with Crippen molar-refractivity contribution in [2.24, 2.45) is 0 Å². The Hall–Kier alpha value is -1.06. The zero-order valence-corrected chi connectivity index (χ0v) is 9.25. The molecule has 0 spiro atoms. The summed E-state index contributed by atoms with van der Waals surface area (Å²) >= 11 is 0. The highest BCUT2D eigenvalue weighted by Gasteiger charge is 2.19. The maximum absolute atomic E-state index is 5.68. The van der Waals surface area contributed by atoms with Crippen molar-refractivity contribution in [3.63, 3.8) is 0 Å². The lowest BCUT2D eigenvalue weighted by molar-refractivity contribution is 0.0579. The van der Waals surface area contributed by atoms with Crippen LogP contribution in [0.2, 0.25) is 0 Å². The van der Waals surface area contributed by atoms with Gasteiger partial charge >= 0.3 is 0 Å². The zero-order valence-electron chi connectivity index (χ0n) is 9.25. The third-order valence-corrected chi connectivity index (χ3v) is 2.70. The van der Waals surface area contributed by atoms with E-state index in [0.717, 1.165) is 25.2 Å². The van der Waals surface area contributed by atoms with Gasteiger partial charge in [-0.05, 0) is 25.8 Å². The van der Waals surface area contributed by atoms with Gasteiger partial charge in [-0.15, -0.1) is 0 Å². The Kier molecular flexibility index (Phi) is 3.23. The van der Waals surface area contributed by atoms with Gasteiger partial charge in [0.1, 0.15) is 5.75 Å². The molecule has 0 bridgehead atoms. The molecule has 0 radical (unpaired) electrons. The Morgan fingerprint density at radius 2 is 2.33 bits per heavy atom. The normalized spacial score (nSPS) is 20.3. The van der Waals surface area contributed by atoms with E-state index in [2.05, 4.69) is 24.5 Å². The van der Waals surface area contributed by atoms with Crippen LogP contribution in [0.1, 0.15) is 30.0 Å². The lowest BCUT2D eigenvalue weighted by Gasteiger charge is -2.17. The summed E-state index contributed by atoms with van der Waals surface area (Å²) in [5.74, 6) is 0.979. The van der Waals surface area contributed by atoms with Gasteiger partial charge in [0.05, 0.1) is 19.8 Å². The van der Waals surface area contributed by atoms with Crippen LogP contribution in [-0.4, -0.2) is 13.7 Å². The molecule has 0 saturated carbocycles. The summed E-state index contributed by atoms with van der Waals surface area (Å²) < 4.78 is 5.68. The molecule has 0 aliphatic carbocycles. The molecule has 0 unspecified atom stereocenters. The summed E-state index contributed by atoms with van der Waals surface area (Å²) in [6, 6.07) is 6.53. The highest BCUT2D eigenvalue weighted by atomic mass is 16.6. The molecule has 15 heavy (non-hydrogen) atoms. The number of rotatable bonds is 2. The molecule has 1 heterocycles. The number of benzene rings is 1. The summed E-state index contributed by atoms with van der Waals surface area (Å²) in [6.07, 6.45) is 2.10. The van der Waals surface area contributed by atoms with E-state index in [1.54, 1.807) is 7.11 Å². The average Bonchev–Trinajstić information content (AvgIpc) is 2.42. The van der Waals surface area contributed by atoms with E-state index in [9.17, 15) is 0 Å². The Morgan fingerprint density at radius 1 is 1.47 bits per heavy atom. The van der Waals surface area contributed by atoms with E-state index in [4.69, 9.17) is 9.57 Å². The van der Waals surface area contributed by atoms with Crippen LogP contribution in [0, 0.1) is 6.92 Å². The second-order valence-electron chi connectivity index (χ2n) is 3.91. The van der Waals surface area contributed by atoms with Crippen LogP contribution < -0.4 is 10.2 Å². The van der Waals surface area contributed by atoms with Gasteiger partial charge < -0.3 is 9.57 Å². The van der Waals surface area contributed by atoms with Gasteiger partial charge in [-0.2, -0.15) is 5.48 Å². The molecule has 0 aromatic heterocycles. The van der Waals surface area contributed by atoms with Gasteiger partial charge in [-0.3, -0.25) is 0 Å². The van der Waals surface area contributed by atoms with Crippen molar-refractivity contribution in [1.29, 1.82) is 0 Å². The predicted octanol–water partition coefficient (Wildman–Crippen LogP) is 2.36. The third kappa shape index (κ3) is 2.30. The molecular formula is C12H17NO2. The molecule has 3 nitrogen and oxygen atoms in total. The molecule has 1 aromatic rings. The molecular weight excluding hydrogens is 190 g/mol. The summed E-state index contributed by atoms with van der Waals surface area (Å²) in [6.45, 7) is 2.88. The van der Waals surface area contributed by atoms with Crippen LogP contribution in [0.3, 0.4) is 0 Å². The van der Waals surface area contributed by atoms with Crippen LogP contribution in [0.4, 0.5) is 0 Å². The molecule has 1 aromatic carbocycles. The maximum atomic E-state index is 5.68. The topological polar surface area (TPSA) is 30.5 Å². The lowest BCUT2D eigenvalue weighted by atomic mass is 10.0. The fourth-order valence-corrected chi connectivity index (χ4v) is 1.96. The molecule has 1 atom stereocenters. The monoisotopic (exact) mass is 207 g/mol. The first-order valence-electron chi connectivity index (χ1n) is 5.33. The van der Waals surface area contributed by atoms with E-state index in [0.29, 0.717) is 0 Å². The second kappa shape index (κ2) is 4.64. The highest BCUT2D eigenvalue weighted by molar-refractivity contribution is 5.39. The molecule has 1 N–H and O–H groups in total. The number of ether oxygens (including phenoxy) is 1. The molecule has 82 valence electrons. The minimum Gasteiger partial charge on any atom is -0.493 e. The zero-order chi connectivity index (χ0) is 10.7. The second-order valence-corrected chi connectivity index (χ2v) is 3.91. The van der Waals surface area contributed by atoms with Crippen molar-refractivity contribution in [3.8, 4) is 5.75 Å². The number of fused-ring (bicyclic) bond motifs is 1. The van der Waals surface area contributed by atoms with Crippen molar-refractivity contribution in [2.75, 3.05) is 13.7 Å². The van der Waals surface area contributed by atoms with Gasteiger partial charge in [0.15, 0.2) is 0 Å². The minimum absolute atomic E-state index is 0.243. The summed E-state index contributed by atoms with van der Waals surface area (Å²) in [4.78, 5) is 5.03. The smallest absolute Gasteiger partial charge is 0.124 e. The molecule has 1 aliphatic rings. The van der Waals surface area contributed by atoms with Crippen LogP contribution in [0.15, 0.2) is 18.2 Å². The van der Waals surface area contributed by atoms with E-state index in [1.807, 2.05) is 6.07 Å². The average molecular weight is 207 g/mol. The first-order chi connectivity index (χ1) is 7.31. The molecule has 1 aliphatic heterocycles.